The average molecular weight is 253 g/mol. The van der Waals surface area contributed by atoms with Crippen LogP contribution in [0.4, 0.5) is 0 Å². The van der Waals surface area contributed by atoms with Gasteiger partial charge in [-0.05, 0) is 36.0 Å². The molecule has 94 valence electrons. The van der Waals surface area contributed by atoms with Gasteiger partial charge in [-0.25, -0.2) is 0 Å². The van der Waals surface area contributed by atoms with Crippen molar-refractivity contribution in [3.63, 3.8) is 0 Å². The van der Waals surface area contributed by atoms with E-state index in [4.69, 9.17) is 16.3 Å². The normalized spacial score (nSPS) is 20.9. The molecule has 0 spiro atoms. The molecule has 0 heterocycles. The van der Waals surface area contributed by atoms with Gasteiger partial charge in [0.2, 0.25) is 0 Å². The summed E-state index contributed by atoms with van der Waals surface area (Å²) < 4.78 is 5.18. The van der Waals surface area contributed by atoms with Gasteiger partial charge in [0.15, 0.2) is 0 Å². The second kappa shape index (κ2) is 5.30. The second-order valence-electron chi connectivity index (χ2n) is 5.35. The summed E-state index contributed by atoms with van der Waals surface area (Å²) in [5.74, 6) is 0.895. The average Bonchev–Trinajstić information content (AvgIpc) is 2.39. The highest BCUT2D eigenvalue weighted by atomic mass is 35.5. The maximum Gasteiger partial charge on any atom is 0.118 e. The van der Waals surface area contributed by atoms with Crippen LogP contribution < -0.4 is 4.74 Å². The summed E-state index contributed by atoms with van der Waals surface area (Å²) in [6.07, 6.45) is 6.48. The quantitative estimate of drug-likeness (QED) is 0.692. The number of benzene rings is 1. The molecule has 0 radical (unpaired) electrons. The zero-order valence-electron chi connectivity index (χ0n) is 10.7. The van der Waals surface area contributed by atoms with Crippen LogP contribution in [0.1, 0.15) is 50.0 Å². The van der Waals surface area contributed by atoms with Crippen LogP contribution in [0.25, 0.3) is 0 Å². The molecule has 1 unspecified atom stereocenters. The topological polar surface area (TPSA) is 9.23 Å². The summed E-state index contributed by atoms with van der Waals surface area (Å²) in [4.78, 5) is 0. The molecule has 1 fully saturated rings. The van der Waals surface area contributed by atoms with Gasteiger partial charge in [0.1, 0.15) is 5.75 Å². The van der Waals surface area contributed by atoms with Gasteiger partial charge in [-0.15, -0.1) is 11.6 Å². The van der Waals surface area contributed by atoms with Crippen LogP contribution in [0, 0.1) is 5.41 Å². The van der Waals surface area contributed by atoms with Crippen molar-refractivity contribution in [2.24, 2.45) is 5.41 Å². The van der Waals surface area contributed by atoms with Gasteiger partial charge in [0.05, 0.1) is 12.5 Å². The molecular formula is C15H21ClO. The molecule has 1 aliphatic rings. The third-order valence-electron chi connectivity index (χ3n) is 4.02. The van der Waals surface area contributed by atoms with Gasteiger partial charge >= 0.3 is 0 Å². The Hall–Kier alpha value is -0.690. The van der Waals surface area contributed by atoms with E-state index in [-0.39, 0.29) is 10.8 Å². The van der Waals surface area contributed by atoms with Gasteiger partial charge in [0.25, 0.3) is 0 Å². The smallest absolute Gasteiger partial charge is 0.118 e. The van der Waals surface area contributed by atoms with E-state index in [0.29, 0.717) is 0 Å². The molecule has 0 aliphatic heterocycles. The first-order valence-electron chi connectivity index (χ1n) is 6.44. The molecule has 1 saturated carbocycles. The van der Waals surface area contributed by atoms with Crippen molar-refractivity contribution in [1.82, 2.24) is 0 Å². The molecule has 1 aromatic rings. The molecule has 1 nitrogen and oxygen atoms in total. The Labute approximate surface area is 109 Å². The minimum absolute atomic E-state index is 0.119. The first-order chi connectivity index (χ1) is 8.15. The third kappa shape index (κ3) is 2.77. The number of hydrogen-bond acceptors (Lipinski definition) is 1. The maximum atomic E-state index is 6.68. The molecule has 17 heavy (non-hydrogen) atoms. The van der Waals surface area contributed by atoms with Crippen molar-refractivity contribution in [1.29, 1.82) is 0 Å². The zero-order chi connectivity index (χ0) is 12.3. The van der Waals surface area contributed by atoms with Crippen LogP contribution in [0.15, 0.2) is 24.3 Å². The highest BCUT2D eigenvalue weighted by molar-refractivity contribution is 6.21. The fourth-order valence-electron chi connectivity index (χ4n) is 2.79. The zero-order valence-corrected chi connectivity index (χ0v) is 11.5. The Morgan fingerprint density at radius 1 is 1.12 bits per heavy atom. The fraction of sp³-hybridized carbons (Fsp3) is 0.600. The Morgan fingerprint density at radius 2 is 1.71 bits per heavy atom. The Bertz CT molecular complexity index is 352. The van der Waals surface area contributed by atoms with Crippen molar-refractivity contribution >= 4 is 11.6 Å². The van der Waals surface area contributed by atoms with E-state index in [1.54, 1.807) is 7.11 Å². The molecule has 0 bridgehead atoms. The molecule has 2 heteroatoms. The van der Waals surface area contributed by atoms with Crippen LogP contribution in [0.2, 0.25) is 0 Å². The highest BCUT2D eigenvalue weighted by Gasteiger charge is 2.35. The van der Waals surface area contributed by atoms with Gasteiger partial charge in [-0.1, -0.05) is 38.3 Å². The van der Waals surface area contributed by atoms with Gasteiger partial charge in [-0.2, -0.15) is 0 Å². The van der Waals surface area contributed by atoms with E-state index >= 15 is 0 Å². The summed E-state index contributed by atoms with van der Waals surface area (Å²) in [5, 5.41) is 0.119. The lowest BCUT2D eigenvalue weighted by atomic mass is 9.71. The lowest BCUT2D eigenvalue weighted by Crippen LogP contribution is -2.25. The molecule has 0 N–H and O–H groups in total. The summed E-state index contributed by atoms with van der Waals surface area (Å²) >= 11 is 6.68. The first-order valence-corrected chi connectivity index (χ1v) is 6.87. The van der Waals surface area contributed by atoms with Gasteiger partial charge < -0.3 is 4.74 Å². The van der Waals surface area contributed by atoms with Gasteiger partial charge in [0, 0.05) is 0 Å². The molecule has 0 saturated heterocycles. The Morgan fingerprint density at radius 3 is 2.24 bits per heavy atom. The second-order valence-corrected chi connectivity index (χ2v) is 5.79. The predicted octanol–water partition coefficient (Wildman–Crippen LogP) is 4.95. The van der Waals surface area contributed by atoms with E-state index in [2.05, 4.69) is 19.1 Å². The van der Waals surface area contributed by atoms with Crippen molar-refractivity contribution in [3.05, 3.63) is 29.8 Å². The summed E-state index contributed by atoms with van der Waals surface area (Å²) in [5.41, 5.74) is 1.48. The van der Waals surface area contributed by atoms with E-state index in [1.807, 2.05) is 12.1 Å². The van der Waals surface area contributed by atoms with Crippen LogP contribution in [0.3, 0.4) is 0 Å². The van der Waals surface area contributed by atoms with Crippen molar-refractivity contribution in [2.45, 2.75) is 44.4 Å². The summed E-state index contributed by atoms with van der Waals surface area (Å²) in [6.45, 7) is 2.33. The highest BCUT2D eigenvalue weighted by Crippen LogP contribution is 2.49. The minimum atomic E-state index is 0.119. The van der Waals surface area contributed by atoms with Crippen molar-refractivity contribution < 1.29 is 4.74 Å². The number of methoxy groups -OCH3 is 1. The Balaban J connectivity index is 2.14. The lowest BCUT2D eigenvalue weighted by molar-refractivity contribution is 0.206. The minimum Gasteiger partial charge on any atom is -0.497 e. The summed E-state index contributed by atoms with van der Waals surface area (Å²) in [6, 6.07) is 8.18. The molecule has 1 aromatic carbocycles. The third-order valence-corrected chi connectivity index (χ3v) is 4.79. The molecule has 0 amide bonds. The fourth-order valence-corrected chi connectivity index (χ4v) is 3.15. The number of alkyl halides is 1. The first kappa shape index (κ1) is 12.8. The van der Waals surface area contributed by atoms with Crippen molar-refractivity contribution in [3.8, 4) is 5.75 Å². The van der Waals surface area contributed by atoms with Crippen LogP contribution in [-0.2, 0) is 0 Å². The monoisotopic (exact) mass is 252 g/mol. The molecule has 1 atom stereocenters. The SMILES string of the molecule is COc1ccc(C(Cl)C2(C)CCCCC2)cc1. The van der Waals surface area contributed by atoms with E-state index < -0.39 is 0 Å². The molecule has 1 aliphatic carbocycles. The van der Waals surface area contributed by atoms with Crippen LogP contribution in [-0.4, -0.2) is 7.11 Å². The van der Waals surface area contributed by atoms with Crippen molar-refractivity contribution in [2.75, 3.05) is 7.11 Å². The molecule has 2 rings (SSSR count). The van der Waals surface area contributed by atoms with Crippen LogP contribution >= 0.6 is 11.6 Å². The van der Waals surface area contributed by atoms with E-state index in [0.717, 1.165) is 5.75 Å². The van der Waals surface area contributed by atoms with Crippen LogP contribution in [0.5, 0.6) is 5.75 Å². The number of hydrogen-bond donors (Lipinski definition) is 0. The standard InChI is InChI=1S/C15H21ClO/c1-15(10-4-3-5-11-15)14(16)12-6-8-13(17-2)9-7-12/h6-9,14H,3-5,10-11H2,1-2H3. The van der Waals surface area contributed by atoms with Gasteiger partial charge in [-0.3, -0.25) is 0 Å². The molecule has 0 aromatic heterocycles. The summed E-state index contributed by atoms with van der Waals surface area (Å²) in [7, 11) is 1.69. The lowest BCUT2D eigenvalue weighted by Gasteiger charge is -2.38. The number of halogens is 1. The number of rotatable bonds is 3. The largest absolute Gasteiger partial charge is 0.497 e. The molecular weight excluding hydrogens is 232 g/mol. The van der Waals surface area contributed by atoms with E-state index in [9.17, 15) is 0 Å². The van der Waals surface area contributed by atoms with E-state index in [1.165, 1.54) is 37.7 Å². The maximum absolute atomic E-state index is 6.68. The predicted molar refractivity (Wildman–Crippen MR) is 72.8 cm³/mol. The Kier molecular flexibility index (Phi) is 3.98. The number of ether oxygens (including phenoxy) is 1.